The summed E-state index contributed by atoms with van der Waals surface area (Å²) in [6, 6.07) is 9.79. The van der Waals surface area contributed by atoms with E-state index < -0.39 is 0 Å². The van der Waals surface area contributed by atoms with Crippen LogP contribution in [0.3, 0.4) is 0 Å². The molecule has 0 fully saturated rings. The number of hydrogen-bond donors (Lipinski definition) is 1. The van der Waals surface area contributed by atoms with Gasteiger partial charge in [-0.15, -0.1) is 11.3 Å². The van der Waals surface area contributed by atoms with Gasteiger partial charge >= 0.3 is 6.03 Å². The first kappa shape index (κ1) is 14.9. The second-order valence-electron chi connectivity index (χ2n) is 5.45. The van der Waals surface area contributed by atoms with Crippen LogP contribution in [0, 0.1) is 0 Å². The number of thiophene rings is 1. The Hall–Kier alpha value is -2.01. The van der Waals surface area contributed by atoms with Crippen LogP contribution in [0.25, 0.3) is 0 Å². The number of rotatable bonds is 3. The summed E-state index contributed by atoms with van der Waals surface area (Å²) in [4.78, 5) is 15.8. The van der Waals surface area contributed by atoms with Crippen LogP contribution in [0.5, 0.6) is 5.75 Å². The molecule has 1 aromatic heterocycles. The summed E-state index contributed by atoms with van der Waals surface area (Å²) in [5.41, 5.74) is 2.27. The van der Waals surface area contributed by atoms with Crippen LogP contribution >= 0.6 is 11.3 Å². The lowest BCUT2D eigenvalue weighted by Crippen LogP contribution is -2.43. The number of para-hydroxylation sites is 1. The molecule has 0 saturated carbocycles. The first-order valence-electron chi connectivity index (χ1n) is 7.42. The average molecular weight is 316 g/mol. The standard InChI is InChI=1S/C17H20N2O2S/c1-12(14-5-3-4-6-15(14)21-2)18-17(20)19-9-7-16-13(11-19)8-10-22-16/h3-6,8,10,12H,7,9,11H2,1-2H3,(H,18,20)/t12-/m1/s1. The van der Waals surface area contributed by atoms with Crippen LogP contribution in [-0.2, 0) is 13.0 Å². The molecule has 0 bridgehead atoms. The van der Waals surface area contributed by atoms with Gasteiger partial charge in [0.15, 0.2) is 0 Å². The molecule has 2 heterocycles. The maximum Gasteiger partial charge on any atom is 0.318 e. The Morgan fingerprint density at radius 3 is 3.00 bits per heavy atom. The molecule has 1 aliphatic heterocycles. The van der Waals surface area contributed by atoms with Gasteiger partial charge in [-0.2, -0.15) is 0 Å². The van der Waals surface area contributed by atoms with Crippen LogP contribution < -0.4 is 10.1 Å². The molecule has 0 spiro atoms. The normalized spacial score (nSPS) is 15.1. The summed E-state index contributed by atoms with van der Waals surface area (Å²) in [6.45, 7) is 3.46. The number of amides is 2. The van der Waals surface area contributed by atoms with Crippen molar-refractivity contribution < 1.29 is 9.53 Å². The van der Waals surface area contributed by atoms with Crippen molar-refractivity contribution in [3.05, 3.63) is 51.7 Å². The van der Waals surface area contributed by atoms with Gasteiger partial charge in [0.1, 0.15) is 5.75 Å². The van der Waals surface area contributed by atoms with E-state index in [1.54, 1.807) is 18.4 Å². The third kappa shape index (κ3) is 2.95. The maximum atomic E-state index is 12.5. The Kier molecular flexibility index (Phi) is 4.34. The highest BCUT2D eigenvalue weighted by Crippen LogP contribution is 2.26. The largest absolute Gasteiger partial charge is 0.496 e. The van der Waals surface area contributed by atoms with Crippen LogP contribution in [0.2, 0.25) is 0 Å². The van der Waals surface area contributed by atoms with Crippen molar-refractivity contribution in [1.82, 2.24) is 10.2 Å². The van der Waals surface area contributed by atoms with E-state index in [9.17, 15) is 4.79 Å². The quantitative estimate of drug-likeness (QED) is 0.940. The van der Waals surface area contributed by atoms with Crippen LogP contribution in [-0.4, -0.2) is 24.6 Å². The molecule has 2 amide bonds. The van der Waals surface area contributed by atoms with Gasteiger partial charge in [-0.05, 0) is 36.4 Å². The molecule has 22 heavy (non-hydrogen) atoms. The Morgan fingerprint density at radius 1 is 1.36 bits per heavy atom. The number of urea groups is 1. The number of carbonyl (C=O) groups is 1. The molecule has 0 aliphatic carbocycles. The minimum absolute atomic E-state index is 0.0183. The van der Waals surface area contributed by atoms with E-state index in [4.69, 9.17) is 4.74 Å². The van der Waals surface area contributed by atoms with E-state index >= 15 is 0 Å². The summed E-state index contributed by atoms with van der Waals surface area (Å²) in [6.07, 6.45) is 0.948. The van der Waals surface area contributed by atoms with Gasteiger partial charge in [-0.25, -0.2) is 4.79 Å². The number of methoxy groups -OCH3 is 1. The van der Waals surface area contributed by atoms with E-state index in [1.165, 1.54) is 10.4 Å². The topological polar surface area (TPSA) is 41.6 Å². The third-order valence-electron chi connectivity index (χ3n) is 4.04. The summed E-state index contributed by atoms with van der Waals surface area (Å²) in [7, 11) is 1.65. The number of nitrogens with zero attached hydrogens (tertiary/aromatic N) is 1. The number of ether oxygens (including phenoxy) is 1. The lowest BCUT2D eigenvalue weighted by atomic mass is 10.1. The number of fused-ring (bicyclic) bond motifs is 1. The van der Waals surface area contributed by atoms with E-state index in [-0.39, 0.29) is 12.1 Å². The molecule has 1 atom stereocenters. The molecule has 0 radical (unpaired) electrons. The Morgan fingerprint density at radius 2 is 2.18 bits per heavy atom. The van der Waals surface area contributed by atoms with Crippen molar-refractivity contribution >= 4 is 17.4 Å². The zero-order valence-electron chi connectivity index (χ0n) is 12.8. The van der Waals surface area contributed by atoms with Gasteiger partial charge in [-0.3, -0.25) is 0 Å². The number of hydrogen-bond acceptors (Lipinski definition) is 3. The molecule has 1 aromatic carbocycles. The lowest BCUT2D eigenvalue weighted by molar-refractivity contribution is 0.189. The van der Waals surface area contributed by atoms with E-state index in [2.05, 4.69) is 16.8 Å². The van der Waals surface area contributed by atoms with Crippen molar-refractivity contribution in [3.63, 3.8) is 0 Å². The zero-order valence-corrected chi connectivity index (χ0v) is 13.7. The molecular formula is C17H20N2O2S. The second kappa shape index (κ2) is 6.40. The molecule has 5 heteroatoms. The van der Waals surface area contributed by atoms with Gasteiger partial charge in [0.05, 0.1) is 13.2 Å². The molecule has 2 aromatic rings. The van der Waals surface area contributed by atoms with E-state index in [0.717, 1.165) is 24.3 Å². The fraction of sp³-hybridized carbons (Fsp3) is 0.353. The molecule has 4 nitrogen and oxygen atoms in total. The van der Waals surface area contributed by atoms with Crippen molar-refractivity contribution in [1.29, 1.82) is 0 Å². The Balaban J connectivity index is 1.67. The van der Waals surface area contributed by atoms with Crippen molar-refractivity contribution in [2.45, 2.75) is 25.9 Å². The molecule has 116 valence electrons. The summed E-state index contributed by atoms with van der Waals surface area (Å²) < 4.78 is 5.37. The predicted molar refractivity (Wildman–Crippen MR) is 88.4 cm³/mol. The highest BCUT2D eigenvalue weighted by atomic mass is 32.1. The SMILES string of the molecule is COc1ccccc1[C@@H](C)NC(=O)N1CCc2sccc2C1. The van der Waals surface area contributed by atoms with Gasteiger partial charge in [0.2, 0.25) is 0 Å². The molecule has 3 rings (SSSR count). The fourth-order valence-electron chi connectivity index (χ4n) is 2.80. The molecule has 1 N–H and O–H groups in total. The maximum absolute atomic E-state index is 12.5. The van der Waals surface area contributed by atoms with Crippen molar-refractivity contribution in [2.75, 3.05) is 13.7 Å². The number of carbonyl (C=O) groups excluding carboxylic acids is 1. The first-order chi connectivity index (χ1) is 10.7. The first-order valence-corrected chi connectivity index (χ1v) is 8.30. The minimum atomic E-state index is -0.0903. The summed E-state index contributed by atoms with van der Waals surface area (Å²) in [5.74, 6) is 0.800. The van der Waals surface area contributed by atoms with Crippen molar-refractivity contribution in [3.8, 4) is 5.75 Å². The zero-order chi connectivity index (χ0) is 15.5. The second-order valence-corrected chi connectivity index (χ2v) is 6.45. The van der Waals surface area contributed by atoms with Crippen molar-refractivity contribution in [2.24, 2.45) is 0 Å². The highest BCUT2D eigenvalue weighted by Gasteiger charge is 2.23. The van der Waals surface area contributed by atoms with Crippen LogP contribution in [0.15, 0.2) is 35.7 Å². The minimum Gasteiger partial charge on any atom is -0.496 e. The lowest BCUT2D eigenvalue weighted by Gasteiger charge is -2.29. The fourth-order valence-corrected chi connectivity index (χ4v) is 3.69. The number of nitrogens with one attached hydrogen (secondary N) is 1. The van der Waals surface area contributed by atoms with E-state index in [0.29, 0.717) is 6.54 Å². The van der Waals surface area contributed by atoms with Gasteiger partial charge < -0.3 is 15.0 Å². The highest BCUT2D eigenvalue weighted by molar-refractivity contribution is 7.10. The third-order valence-corrected chi connectivity index (χ3v) is 5.06. The smallest absolute Gasteiger partial charge is 0.318 e. The summed E-state index contributed by atoms with van der Waals surface area (Å²) in [5, 5.41) is 5.17. The number of benzene rings is 1. The molecule has 1 aliphatic rings. The Labute approximate surface area is 134 Å². The van der Waals surface area contributed by atoms with Gasteiger partial charge in [0, 0.05) is 23.5 Å². The summed E-state index contributed by atoms with van der Waals surface area (Å²) >= 11 is 1.78. The molecule has 0 unspecified atom stereocenters. The molecule has 0 saturated heterocycles. The van der Waals surface area contributed by atoms with E-state index in [1.807, 2.05) is 36.1 Å². The average Bonchev–Trinajstić information content (AvgIpc) is 3.02. The van der Waals surface area contributed by atoms with Gasteiger partial charge in [0.25, 0.3) is 0 Å². The van der Waals surface area contributed by atoms with Gasteiger partial charge in [-0.1, -0.05) is 18.2 Å². The Bertz CT molecular complexity index is 668. The predicted octanol–water partition coefficient (Wildman–Crippen LogP) is 3.59. The van der Waals surface area contributed by atoms with Crippen LogP contribution in [0.1, 0.15) is 29.0 Å². The molecular weight excluding hydrogens is 296 g/mol. The van der Waals surface area contributed by atoms with Crippen LogP contribution in [0.4, 0.5) is 4.79 Å². The monoisotopic (exact) mass is 316 g/mol.